The van der Waals surface area contributed by atoms with Crippen molar-refractivity contribution in [1.82, 2.24) is 0 Å². The van der Waals surface area contributed by atoms with E-state index in [-0.39, 0.29) is 11.8 Å². The standard InChI is InChI=1S/C17H15IN2O4/c1-16-6-11(21)17(2,24-16)13-12(16)14(22)20(15(13)23)9-4-3-8(7-19)10(18)5-9/h3-5,11-13,21H,6H2,1-2H3/t11-,12+,13-,16+,17-/m1/s1. The van der Waals surface area contributed by atoms with Crippen LogP contribution in [0.1, 0.15) is 25.8 Å². The Morgan fingerprint density at radius 2 is 2.00 bits per heavy atom. The zero-order valence-electron chi connectivity index (χ0n) is 13.1. The summed E-state index contributed by atoms with van der Waals surface area (Å²) >= 11 is 2.01. The van der Waals surface area contributed by atoms with Crippen LogP contribution in [-0.2, 0) is 14.3 Å². The predicted octanol–water partition coefficient (Wildman–Crippen LogP) is 1.58. The average Bonchev–Trinajstić information content (AvgIpc) is 3.01. The Kier molecular flexibility index (Phi) is 3.18. The maximum Gasteiger partial charge on any atom is 0.240 e. The van der Waals surface area contributed by atoms with Crippen molar-refractivity contribution >= 4 is 40.1 Å². The molecule has 0 aliphatic carbocycles. The maximum absolute atomic E-state index is 13.0. The van der Waals surface area contributed by atoms with E-state index >= 15 is 0 Å². The van der Waals surface area contributed by atoms with Crippen molar-refractivity contribution in [3.63, 3.8) is 0 Å². The molecule has 0 saturated carbocycles. The van der Waals surface area contributed by atoms with E-state index in [0.717, 1.165) is 0 Å². The Bertz CT molecular complexity index is 834. The lowest BCUT2D eigenvalue weighted by molar-refractivity contribution is -0.132. The number of halogens is 1. The molecule has 3 saturated heterocycles. The fourth-order valence-corrected chi connectivity index (χ4v) is 5.13. The number of rotatable bonds is 1. The van der Waals surface area contributed by atoms with Crippen LogP contribution < -0.4 is 4.90 Å². The molecule has 2 amide bonds. The quantitative estimate of drug-likeness (QED) is 0.531. The van der Waals surface area contributed by atoms with E-state index in [1.807, 2.05) is 22.6 Å². The number of nitrogens with zero attached hydrogens (tertiary/aromatic N) is 2. The molecule has 3 aliphatic rings. The largest absolute Gasteiger partial charge is 0.390 e. The van der Waals surface area contributed by atoms with Gasteiger partial charge in [-0.2, -0.15) is 5.26 Å². The number of hydrogen-bond acceptors (Lipinski definition) is 5. The summed E-state index contributed by atoms with van der Waals surface area (Å²) in [6, 6.07) is 6.95. The van der Waals surface area contributed by atoms with E-state index in [1.54, 1.807) is 32.0 Å². The van der Waals surface area contributed by atoms with Crippen LogP contribution in [0, 0.1) is 26.7 Å². The van der Waals surface area contributed by atoms with Gasteiger partial charge in [-0.05, 0) is 54.6 Å². The van der Waals surface area contributed by atoms with E-state index in [4.69, 9.17) is 10.00 Å². The number of hydrogen-bond donors (Lipinski definition) is 1. The second-order valence-corrected chi connectivity index (χ2v) is 8.22. The van der Waals surface area contributed by atoms with Crippen molar-refractivity contribution in [2.24, 2.45) is 11.8 Å². The van der Waals surface area contributed by atoms with Crippen molar-refractivity contribution in [2.75, 3.05) is 4.90 Å². The minimum Gasteiger partial charge on any atom is -0.390 e. The third kappa shape index (κ3) is 1.76. The highest BCUT2D eigenvalue weighted by Crippen LogP contribution is 2.60. The predicted molar refractivity (Wildman–Crippen MR) is 91.9 cm³/mol. The Labute approximate surface area is 152 Å². The van der Waals surface area contributed by atoms with Crippen LogP contribution in [0.25, 0.3) is 0 Å². The molecule has 1 N–H and O–H groups in total. The molecule has 0 spiro atoms. The van der Waals surface area contributed by atoms with Gasteiger partial charge in [0, 0.05) is 9.99 Å². The van der Waals surface area contributed by atoms with E-state index in [2.05, 4.69) is 6.07 Å². The van der Waals surface area contributed by atoms with E-state index < -0.39 is 29.1 Å². The molecule has 1 aromatic carbocycles. The van der Waals surface area contributed by atoms with Gasteiger partial charge in [0.25, 0.3) is 0 Å². The first-order valence-corrected chi connectivity index (χ1v) is 8.76. The zero-order valence-corrected chi connectivity index (χ0v) is 15.3. The number of amides is 2. The Morgan fingerprint density at radius 1 is 1.33 bits per heavy atom. The van der Waals surface area contributed by atoms with Crippen LogP contribution in [0.3, 0.4) is 0 Å². The minimum absolute atomic E-state index is 0.288. The average molecular weight is 438 g/mol. The Morgan fingerprint density at radius 3 is 2.62 bits per heavy atom. The SMILES string of the molecule is C[C@@]12O[C@@](C)(C[C@H]1O)[C@@H]1C(=O)N(c3ccc(C#N)c(I)c3)C(=O)[C@@H]12. The summed E-state index contributed by atoms with van der Waals surface area (Å²) in [5, 5.41) is 19.4. The highest BCUT2D eigenvalue weighted by Gasteiger charge is 2.75. The molecule has 0 unspecified atom stereocenters. The summed E-state index contributed by atoms with van der Waals surface area (Å²) in [4.78, 5) is 27.2. The number of aliphatic hydroxyl groups is 1. The topological polar surface area (TPSA) is 90.6 Å². The van der Waals surface area contributed by atoms with E-state index in [0.29, 0.717) is 21.2 Å². The lowest BCUT2D eigenvalue weighted by Gasteiger charge is -2.31. The number of imide groups is 1. The van der Waals surface area contributed by atoms with Crippen molar-refractivity contribution in [3.8, 4) is 6.07 Å². The molecule has 6 nitrogen and oxygen atoms in total. The lowest BCUT2D eigenvalue weighted by atomic mass is 9.67. The number of carbonyl (C=O) groups is 2. The molecular formula is C17H15IN2O4. The van der Waals surface area contributed by atoms with Gasteiger partial charge in [0.05, 0.1) is 34.8 Å². The number of ether oxygens (including phenoxy) is 1. The zero-order chi connectivity index (χ0) is 17.4. The normalized spacial score (nSPS) is 40.1. The van der Waals surface area contributed by atoms with Gasteiger partial charge in [0.1, 0.15) is 11.7 Å². The lowest BCUT2D eigenvalue weighted by Crippen LogP contribution is -2.49. The van der Waals surface area contributed by atoms with Gasteiger partial charge in [-0.3, -0.25) is 9.59 Å². The second kappa shape index (κ2) is 4.77. The van der Waals surface area contributed by atoms with Gasteiger partial charge < -0.3 is 9.84 Å². The number of fused-ring (bicyclic) bond motifs is 5. The van der Waals surface area contributed by atoms with Crippen LogP contribution >= 0.6 is 22.6 Å². The molecule has 0 aromatic heterocycles. The van der Waals surface area contributed by atoms with Crippen LogP contribution in [0.2, 0.25) is 0 Å². The fraction of sp³-hybridized carbons (Fsp3) is 0.471. The van der Waals surface area contributed by atoms with Crippen molar-refractivity contribution in [2.45, 2.75) is 37.6 Å². The number of benzene rings is 1. The van der Waals surface area contributed by atoms with Gasteiger partial charge in [-0.15, -0.1) is 0 Å². The van der Waals surface area contributed by atoms with Crippen LogP contribution in [0.15, 0.2) is 18.2 Å². The summed E-state index contributed by atoms with van der Waals surface area (Å²) in [5.74, 6) is -1.88. The third-order valence-electron chi connectivity index (χ3n) is 5.63. The molecule has 1 aromatic rings. The van der Waals surface area contributed by atoms with Crippen molar-refractivity contribution < 1.29 is 19.4 Å². The highest BCUT2D eigenvalue weighted by atomic mass is 127. The van der Waals surface area contributed by atoms with Gasteiger partial charge in [-0.1, -0.05) is 0 Å². The van der Waals surface area contributed by atoms with Crippen molar-refractivity contribution in [3.05, 3.63) is 27.3 Å². The number of aliphatic hydroxyl groups excluding tert-OH is 1. The molecule has 3 heterocycles. The maximum atomic E-state index is 13.0. The highest BCUT2D eigenvalue weighted by molar-refractivity contribution is 14.1. The summed E-state index contributed by atoms with van der Waals surface area (Å²) in [7, 11) is 0. The molecule has 7 heteroatoms. The molecule has 124 valence electrons. The summed E-state index contributed by atoms with van der Waals surface area (Å²) < 4.78 is 6.63. The molecule has 3 aliphatic heterocycles. The van der Waals surface area contributed by atoms with Gasteiger partial charge in [-0.25, -0.2) is 4.90 Å². The summed E-state index contributed by atoms with van der Waals surface area (Å²) in [6.07, 6.45) is -0.413. The van der Waals surface area contributed by atoms with Gasteiger partial charge in [0.2, 0.25) is 11.8 Å². The van der Waals surface area contributed by atoms with E-state index in [9.17, 15) is 14.7 Å². The molecule has 0 radical (unpaired) electrons. The molecule has 3 fully saturated rings. The van der Waals surface area contributed by atoms with Crippen molar-refractivity contribution in [1.29, 1.82) is 5.26 Å². The second-order valence-electron chi connectivity index (χ2n) is 7.06. The number of anilines is 1. The Balaban J connectivity index is 1.79. The van der Waals surface area contributed by atoms with Crippen LogP contribution in [0.4, 0.5) is 5.69 Å². The van der Waals surface area contributed by atoms with Crippen LogP contribution in [-0.4, -0.2) is 34.2 Å². The first kappa shape index (κ1) is 16.0. The first-order valence-electron chi connectivity index (χ1n) is 7.68. The minimum atomic E-state index is -1.03. The summed E-state index contributed by atoms with van der Waals surface area (Å²) in [5.41, 5.74) is -0.888. The molecular weight excluding hydrogens is 423 g/mol. The molecule has 24 heavy (non-hydrogen) atoms. The molecule has 2 bridgehead atoms. The number of carbonyl (C=O) groups excluding carboxylic acids is 2. The molecule has 4 rings (SSSR count). The van der Waals surface area contributed by atoms with Gasteiger partial charge >= 0.3 is 0 Å². The number of nitriles is 1. The smallest absolute Gasteiger partial charge is 0.240 e. The van der Waals surface area contributed by atoms with Gasteiger partial charge in [0.15, 0.2) is 0 Å². The third-order valence-corrected chi connectivity index (χ3v) is 6.52. The van der Waals surface area contributed by atoms with Crippen LogP contribution in [0.5, 0.6) is 0 Å². The monoisotopic (exact) mass is 438 g/mol. The Hall–Kier alpha value is -1.50. The van der Waals surface area contributed by atoms with E-state index in [1.165, 1.54) is 4.90 Å². The summed E-state index contributed by atoms with van der Waals surface area (Å²) in [6.45, 7) is 3.51. The molecule has 5 atom stereocenters. The fourth-order valence-electron chi connectivity index (χ4n) is 4.51. The first-order chi connectivity index (χ1) is 11.2.